The molecule has 1 unspecified atom stereocenters. The highest BCUT2D eigenvalue weighted by atomic mass is 16.1. The van der Waals surface area contributed by atoms with E-state index in [9.17, 15) is 4.79 Å². The molecule has 14 heavy (non-hydrogen) atoms. The molecular weight excluding hydrogens is 178 g/mol. The summed E-state index contributed by atoms with van der Waals surface area (Å²) < 4.78 is 0. The summed E-state index contributed by atoms with van der Waals surface area (Å²) >= 11 is 0. The number of nitrogens with zero attached hydrogens (tertiary/aromatic N) is 1. The fourth-order valence-corrected chi connectivity index (χ4v) is 1.31. The summed E-state index contributed by atoms with van der Waals surface area (Å²) in [4.78, 5) is 13.2. The van der Waals surface area contributed by atoms with Gasteiger partial charge in [-0.15, -0.1) is 0 Å². The minimum atomic E-state index is -0.931. The Morgan fingerprint density at radius 3 is 2.29 bits per heavy atom. The maximum atomic E-state index is 11.1. The van der Waals surface area contributed by atoms with Crippen LogP contribution >= 0.6 is 0 Å². The monoisotopic (exact) mass is 201 g/mol. The van der Waals surface area contributed by atoms with Crippen molar-refractivity contribution in [3.05, 3.63) is 0 Å². The number of amides is 1. The number of carbonyl (C=O) groups excluding carboxylic acids is 1. The van der Waals surface area contributed by atoms with Gasteiger partial charge in [-0.1, -0.05) is 6.92 Å². The van der Waals surface area contributed by atoms with Crippen molar-refractivity contribution in [2.45, 2.75) is 45.7 Å². The first-order valence-corrected chi connectivity index (χ1v) is 5.14. The van der Waals surface area contributed by atoms with Gasteiger partial charge in [-0.05, 0) is 33.7 Å². The van der Waals surface area contributed by atoms with Crippen LogP contribution in [0.25, 0.3) is 0 Å². The van der Waals surface area contributed by atoms with E-state index in [0.717, 1.165) is 13.0 Å². The molecule has 1 atom stereocenters. The van der Waals surface area contributed by atoms with Crippen molar-refractivity contribution in [1.29, 1.82) is 0 Å². The van der Waals surface area contributed by atoms with Crippen LogP contribution in [0.5, 0.6) is 0 Å². The minimum Gasteiger partial charge on any atom is -0.368 e. The van der Waals surface area contributed by atoms with Gasteiger partial charge in [-0.2, -0.15) is 0 Å². The highest BCUT2D eigenvalue weighted by Crippen LogP contribution is 2.07. The molecular formula is C10H23N3O. The largest absolute Gasteiger partial charge is 0.368 e. The molecule has 0 saturated carbocycles. The van der Waals surface area contributed by atoms with E-state index in [4.69, 9.17) is 11.5 Å². The van der Waals surface area contributed by atoms with Gasteiger partial charge in [0.15, 0.2) is 0 Å². The first kappa shape index (κ1) is 13.4. The van der Waals surface area contributed by atoms with Gasteiger partial charge in [0.2, 0.25) is 5.91 Å². The van der Waals surface area contributed by atoms with E-state index in [1.165, 1.54) is 0 Å². The Hall–Kier alpha value is -0.610. The Kier molecular flexibility index (Phi) is 5.08. The molecule has 0 aromatic heterocycles. The fraction of sp³-hybridized carbons (Fsp3) is 0.900. The third-order valence-electron chi connectivity index (χ3n) is 2.34. The second kappa shape index (κ2) is 5.32. The molecule has 0 radical (unpaired) electrons. The van der Waals surface area contributed by atoms with Gasteiger partial charge in [0, 0.05) is 12.6 Å². The highest BCUT2D eigenvalue weighted by molar-refractivity contribution is 5.84. The third kappa shape index (κ3) is 4.07. The van der Waals surface area contributed by atoms with Crippen molar-refractivity contribution in [3.63, 3.8) is 0 Å². The molecule has 0 aliphatic rings. The van der Waals surface area contributed by atoms with Crippen molar-refractivity contribution in [3.8, 4) is 0 Å². The van der Waals surface area contributed by atoms with Gasteiger partial charge >= 0.3 is 0 Å². The summed E-state index contributed by atoms with van der Waals surface area (Å²) in [7, 11) is 0. The first-order chi connectivity index (χ1) is 6.31. The van der Waals surface area contributed by atoms with Crippen LogP contribution in [0.1, 0.15) is 34.1 Å². The van der Waals surface area contributed by atoms with Crippen LogP contribution in [0, 0.1) is 0 Å². The lowest BCUT2D eigenvalue weighted by Crippen LogP contribution is -2.57. The zero-order chi connectivity index (χ0) is 11.4. The van der Waals surface area contributed by atoms with Gasteiger partial charge in [0.25, 0.3) is 0 Å². The first-order valence-electron chi connectivity index (χ1n) is 5.14. The van der Waals surface area contributed by atoms with E-state index in [1.807, 2.05) is 0 Å². The van der Waals surface area contributed by atoms with E-state index < -0.39 is 11.4 Å². The molecule has 0 rings (SSSR count). The molecule has 4 N–H and O–H groups in total. The van der Waals surface area contributed by atoms with E-state index >= 15 is 0 Å². The Bertz CT molecular complexity index is 190. The maximum Gasteiger partial charge on any atom is 0.238 e. The van der Waals surface area contributed by atoms with Crippen LogP contribution in [-0.2, 0) is 4.79 Å². The normalized spacial score (nSPS) is 15.9. The molecule has 0 saturated heterocycles. The average molecular weight is 201 g/mol. The molecule has 4 nitrogen and oxygen atoms in total. The van der Waals surface area contributed by atoms with E-state index in [1.54, 1.807) is 6.92 Å². The van der Waals surface area contributed by atoms with Gasteiger partial charge in [-0.25, -0.2) is 0 Å². The minimum absolute atomic E-state index is 0.386. The lowest BCUT2D eigenvalue weighted by atomic mass is 10.0. The lowest BCUT2D eigenvalue weighted by molar-refractivity contribution is -0.123. The molecule has 0 aromatic carbocycles. The van der Waals surface area contributed by atoms with Crippen LogP contribution in [0.3, 0.4) is 0 Å². The number of rotatable bonds is 6. The predicted molar refractivity (Wildman–Crippen MR) is 58.8 cm³/mol. The molecule has 0 aliphatic carbocycles. The molecule has 4 heteroatoms. The van der Waals surface area contributed by atoms with Crippen LogP contribution in [-0.4, -0.2) is 35.5 Å². The van der Waals surface area contributed by atoms with Crippen molar-refractivity contribution in [2.24, 2.45) is 11.5 Å². The maximum absolute atomic E-state index is 11.1. The van der Waals surface area contributed by atoms with Gasteiger partial charge in [0.1, 0.15) is 5.54 Å². The highest BCUT2D eigenvalue weighted by Gasteiger charge is 2.28. The second-order valence-electron chi connectivity index (χ2n) is 4.35. The summed E-state index contributed by atoms with van der Waals surface area (Å²) in [5.74, 6) is -0.445. The summed E-state index contributed by atoms with van der Waals surface area (Å²) in [6.07, 6.45) is 1.05. The number of hydrogen-bond donors (Lipinski definition) is 2. The Labute approximate surface area is 86.6 Å². The topological polar surface area (TPSA) is 72.3 Å². The van der Waals surface area contributed by atoms with Crippen LogP contribution < -0.4 is 11.5 Å². The molecule has 0 aliphatic heterocycles. The van der Waals surface area contributed by atoms with Crippen molar-refractivity contribution in [2.75, 3.05) is 13.1 Å². The smallest absolute Gasteiger partial charge is 0.238 e. The number of nitrogens with two attached hydrogens (primary N) is 2. The summed E-state index contributed by atoms with van der Waals surface area (Å²) in [6.45, 7) is 9.43. The molecule has 0 aromatic rings. The summed E-state index contributed by atoms with van der Waals surface area (Å²) in [5, 5.41) is 0. The number of hydrogen-bond acceptors (Lipinski definition) is 3. The Morgan fingerprint density at radius 2 is 2.00 bits per heavy atom. The molecule has 0 fully saturated rings. The zero-order valence-electron chi connectivity index (χ0n) is 9.71. The van der Waals surface area contributed by atoms with Crippen molar-refractivity contribution < 1.29 is 4.79 Å². The van der Waals surface area contributed by atoms with Crippen molar-refractivity contribution >= 4 is 5.91 Å². The van der Waals surface area contributed by atoms with E-state index in [-0.39, 0.29) is 0 Å². The fourth-order valence-electron chi connectivity index (χ4n) is 1.31. The van der Waals surface area contributed by atoms with Crippen LogP contribution in [0.15, 0.2) is 0 Å². The Balaban J connectivity index is 4.35. The Morgan fingerprint density at radius 1 is 1.50 bits per heavy atom. The molecule has 1 amide bonds. The molecule has 0 spiro atoms. The zero-order valence-corrected chi connectivity index (χ0v) is 9.71. The molecule has 0 bridgehead atoms. The third-order valence-corrected chi connectivity index (χ3v) is 2.34. The van der Waals surface area contributed by atoms with Gasteiger partial charge in [-0.3, -0.25) is 9.69 Å². The lowest BCUT2D eigenvalue weighted by Gasteiger charge is -2.32. The van der Waals surface area contributed by atoms with Crippen molar-refractivity contribution in [1.82, 2.24) is 4.90 Å². The standard InChI is InChI=1S/C10H23N3O/c1-5-6-13(8(2)3)7-10(4,12)9(11)14/h8H,5-7,12H2,1-4H3,(H2,11,14). The van der Waals surface area contributed by atoms with E-state index in [2.05, 4.69) is 25.7 Å². The van der Waals surface area contributed by atoms with Crippen LogP contribution in [0.2, 0.25) is 0 Å². The summed E-state index contributed by atoms with van der Waals surface area (Å²) in [5.41, 5.74) is 10.1. The van der Waals surface area contributed by atoms with Gasteiger partial charge < -0.3 is 11.5 Å². The SMILES string of the molecule is CCCN(CC(C)(N)C(N)=O)C(C)C. The van der Waals surface area contributed by atoms with Crippen LogP contribution in [0.4, 0.5) is 0 Å². The second-order valence-corrected chi connectivity index (χ2v) is 4.35. The number of carbonyl (C=O) groups is 1. The van der Waals surface area contributed by atoms with E-state index in [0.29, 0.717) is 12.6 Å². The van der Waals surface area contributed by atoms with Gasteiger partial charge in [0.05, 0.1) is 0 Å². The molecule has 84 valence electrons. The quantitative estimate of drug-likeness (QED) is 0.649. The summed E-state index contributed by atoms with van der Waals surface area (Å²) in [6, 6.07) is 0.386. The predicted octanol–water partition coefficient (Wildman–Crippen LogP) is 0.310. The molecule has 0 heterocycles. The average Bonchev–Trinajstić information content (AvgIpc) is 2.02. The number of primary amides is 1.